The largest absolute Gasteiger partial charge is 0.399 e. The number of fused-ring (bicyclic) bond motifs is 1. The highest BCUT2D eigenvalue weighted by atomic mass is 19.1. The van der Waals surface area contributed by atoms with Gasteiger partial charge in [0.25, 0.3) is 0 Å². The first-order valence-corrected chi connectivity index (χ1v) is 6.17. The summed E-state index contributed by atoms with van der Waals surface area (Å²) in [5, 5.41) is 3.83. The van der Waals surface area contributed by atoms with Crippen molar-refractivity contribution in [1.82, 2.24) is 9.97 Å². The smallest absolute Gasteiger partial charge is 0.146 e. The fourth-order valence-corrected chi connectivity index (χ4v) is 2.08. The van der Waals surface area contributed by atoms with Crippen LogP contribution in [0.15, 0.2) is 42.7 Å². The fourth-order valence-electron chi connectivity index (χ4n) is 2.08. The molecule has 2 aromatic carbocycles. The van der Waals surface area contributed by atoms with E-state index in [1.807, 2.05) is 19.1 Å². The third-order valence-corrected chi connectivity index (χ3v) is 3.13. The number of nitrogens with one attached hydrogen (secondary N) is 1. The molecule has 5 heteroatoms. The van der Waals surface area contributed by atoms with E-state index in [9.17, 15) is 4.39 Å². The lowest BCUT2D eigenvalue weighted by atomic mass is 10.1. The van der Waals surface area contributed by atoms with Crippen molar-refractivity contribution in [1.29, 1.82) is 0 Å². The standard InChI is InChI=1S/C15H13FN4/c1-9-3-2-4-12(16)14(9)20-15-11-6-5-10(17)7-13(11)18-8-19-15/h2-8H,17H2,1H3,(H,18,19,20). The number of nitrogen functional groups attached to an aromatic ring is 1. The number of nitrogens with two attached hydrogens (primary N) is 1. The molecule has 1 heterocycles. The van der Waals surface area contributed by atoms with Crippen molar-refractivity contribution >= 4 is 28.1 Å². The van der Waals surface area contributed by atoms with Gasteiger partial charge in [-0.3, -0.25) is 0 Å². The van der Waals surface area contributed by atoms with Crippen molar-refractivity contribution in [3.63, 3.8) is 0 Å². The lowest BCUT2D eigenvalue weighted by Gasteiger charge is -2.11. The Bertz CT molecular complexity index is 766. The maximum Gasteiger partial charge on any atom is 0.146 e. The van der Waals surface area contributed by atoms with E-state index >= 15 is 0 Å². The van der Waals surface area contributed by atoms with Crippen molar-refractivity contribution < 1.29 is 4.39 Å². The SMILES string of the molecule is Cc1cccc(F)c1Nc1ncnc2cc(N)ccc12. The quantitative estimate of drug-likeness (QED) is 0.699. The average Bonchev–Trinajstić information content (AvgIpc) is 2.42. The Morgan fingerprint density at radius 1 is 1.15 bits per heavy atom. The second-order valence-electron chi connectivity index (χ2n) is 4.56. The highest BCUT2D eigenvalue weighted by Gasteiger charge is 2.09. The molecule has 0 aliphatic rings. The molecule has 0 atom stereocenters. The molecule has 0 unspecified atom stereocenters. The fraction of sp³-hybridized carbons (Fsp3) is 0.0667. The number of rotatable bonds is 2. The Balaban J connectivity index is 2.11. The van der Waals surface area contributed by atoms with Gasteiger partial charge >= 0.3 is 0 Å². The molecular formula is C15H13FN4. The van der Waals surface area contributed by atoms with E-state index in [1.165, 1.54) is 12.4 Å². The van der Waals surface area contributed by atoms with Gasteiger partial charge in [0.2, 0.25) is 0 Å². The number of hydrogen-bond acceptors (Lipinski definition) is 4. The van der Waals surface area contributed by atoms with Crippen LogP contribution >= 0.6 is 0 Å². The van der Waals surface area contributed by atoms with E-state index in [0.29, 0.717) is 17.2 Å². The summed E-state index contributed by atoms with van der Waals surface area (Å²) < 4.78 is 13.9. The Kier molecular flexibility index (Phi) is 2.95. The Labute approximate surface area is 115 Å². The van der Waals surface area contributed by atoms with Crippen LogP contribution in [0.1, 0.15) is 5.56 Å². The molecule has 20 heavy (non-hydrogen) atoms. The summed E-state index contributed by atoms with van der Waals surface area (Å²) >= 11 is 0. The van der Waals surface area contributed by atoms with Crippen LogP contribution in [0.4, 0.5) is 21.6 Å². The maximum atomic E-state index is 13.9. The molecule has 0 saturated heterocycles. The van der Waals surface area contributed by atoms with Gasteiger partial charge in [-0.25, -0.2) is 14.4 Å². The van der Waals surface area contributed by atoms with Crippen molar-refractivity contribution in [3.05, 3.63) is 54.1 Å². The lowest BCUT2D eigenvalue weighted by Crippen LogP contribution is -2.00. The van der Waals surface area contributed by atoms with E-state index in [4.69, 9.17) is 5.73 Å². The normalized spacial score (nSPS) is 10.7. The van der Waals surface area contributed by atoms with Gasteiger partial charge in [0, 0.05) is 11.1 Å². The molecule has 0 radical (unpaired) electrons. The van der Waals surface area contributed by atoms with Gasteiger partial charge in [-0.1, -0.05) is 12.1 Å². The topological polar surface area (TPSA) is 63.8 Å². The predicted molar refractivity (Wildman–Crippen MR) is 78.4 cm³/mol. The number of halogens is 1. The number of aromatic nitrogens is 2. The zero-order valence-corrected chi connectivity index (χ0v) is 10.9. The summed E-state index contributed by atoms with van der Waals surface area (Å²) in [7, 11) is 0. The molecule has 4 nitrogen and oxygen atoms in total. The molecule has 100 valence electrons. The Morgan fingerprint density at radius 2 is 2.00 bits per heavy atom. The van der Waals surface area contributed by atoms with Gasteiger partial charge in [-0.05, 0) is 36.8 Å². The summed E-state index contributed by atoms with van der Waals surface area (Å²) in [5.41, 5.74) is 8.31. The lowest BCUT2D eigenvalue weighted by molar-refractivity contribution is 0.631. The Hall–Kier alpha value is -2.69. The molecule has 3 aromatic rings. The van der Waals surface area contributed by atoms with E-state index in [0.717, 1.165) is 16.5 Å². The van der Waals surface area contributed by atoms with Gasteiger partial charge in [0.1, 0.15) is 18.0 Å². The number of para-hydroxylation sites is 1. The number of hydrogen-bond donors (Lipinski definition) is 2. The third-order valence-electron chi connectivity index (χ3n) is 3.13. The third kappa shape index (κ3) is 2.14. The zero-order valence-electron chi connectivity index (χ0n) is 10.9. The molecular weight excluding hydrogens is 255 g/mol. The molecule has 0 fully saturated rings. The van der Waals surface area contributed by atoms with Gasteiger partial charge in [0.15, 0.2) is 0 Å². The zero-order chi connectivity index (χ0) is 14.1. The van der Waals surface area contributed by atoms with Gasteiger partial charge in [-0.2, -0.15) is 0 Å². The number of aryl methyl sites for hydroxylation is 1. The van der Waals surface area contributed by atoms with E-state index < -0.39 is 0 Å². The molecule has 0 aliphatic heterocycles. The predicted octanol–water partition coefficient (Wildman–Crippen LogP) is 3.40. The number of benzene rings is 2. The molecule has 1 aromatic heterocycles. The minimum absolute atomic E-state index is 0.313. The second kappa shape index (κ2) is 4.77. The molecule has 3 N–H and O–H groups in total. The highest BCUT2D eigenvalue weighted by molar-refractivity contribution is 5.92. The highest BCUT2D eigenvalue weighted by Crippen LogP contribution is 2.27. The van der Waals surface area contributed by atoms with Crippen LogP contribution in [0, 0.1) is 12.7 Å². The van der Waals surface area contributed by atoms with Crippen LogP contribution in [-0.2, 0) is 0 Å². The second-order valence-corrected chi connectivity index (χ2v) is 4.56. The number of anilines is 3. The monoisotopic (exact) mass is 268 g/mol. The van der Waals surface area contributed by atoms with Crippen molar-refractivity contribution in [2.75, 3.05) is 11.1 Å². The van der Waals surface area contributed by atoms with Crippen LogP contribution < -0.4 is 11.1 Å². The summed E-state index contributed by atoms with van der Waals surface area (Å²) in [6.45, 7) is 1.84. The first-order valence-electron chi connectivity index (χ1n) is 6.17. The van der Waals surface area contributed by atoms with Crippen LogP contribution in [0.25, 0.3) is 10.9 Å². The average molecular weight is 268 g/mol. The minimum atomic E-state index is -0.313. The maximum absolute atomic E-state index is 13.9. The number of nitrogens with zero attached hydrogens (tertiary/aromatic N) is 2. The summed E-state index contributed by atoms with van der Waals surface area (Å²) in [4.78, 5) is 8.35. The van der Waals surface area contributed by atoms with Gasteiger partial charge in [-0.15, -0.1) is 0 Å². The summed E-state index contributed by atoms with van der Waals surface area (Å²) in [6, 6.07) is 10.3. The van der Waals surface area contributed by atoms with Crippen molar-refractivity contribution in [2.45, 2.75) is 6.92 Å². The van der Waals surface area contributed by atoms with Gasteiger partial charge in [0.05, 0.1) is 11.2 Å². The molecule has 3 rings (SSSR count). The molecule has 0 amide bonds. The first-order chi connectivity index (χ1) is 9.65. The van der Waals surface area contributed by atoms with Crippen molar-refractivity contribution in [2.24, 2.45) is 0 Å². The summed E-state index contributed by atoms with van der Waals surface area (Å²) in [5.74, 6) is 0.246. The van der Waals surface area contributed by atoms with Gasteiger partial charge < -0.3 is 11.1 Å². The van der Waals surface area contributed by atoms with Crippen molar-refractivity contribution in [3.8, 4) is 0 Å². The summed E-state index contributed by atoms with van der Waals surface area (Å²) in [6.07, 6.45) is 1.43. The molecule has 0 spiro atoms. The molecule has 0 saturated carbocycles. The molecule has 0 bridgehead atoms. The van der Waals surface area contributed by atoms with Crippen LogP contribution in [0.5, 0.6) is 0 Å². The Morgan fingerprint density at radius 3 is 2.80 bits per heavy atom. The minimum Gasteiger partial charge on any atom is -0.399 e. The molecule has 0 aliphatic carbocycles. The first kappa shape index (κ1) is 12.3. The van der Waals surface area contributed by atoms with E-state index in [1.54, 1.807) is 18.2 Å². The van der Waals surface area contributed by atoms with Crippen LogP contribution in [0.3, 0.4) is 0 Å². The van der Waals surface area contributed by atoms with E-state index in [2.05, 4.69) is 15.3 Å². The van der Waals surface area contributed by atoms with Crippen LogP contribution in [-0.4, -0.2) is 9.97 Å². The van der Waals surface area contributed by atoms with E-state index in [-0.39, 0.29) is 5.82 Å². The van der Waals surface area contributed by atoms with Crippen LogP contribution in [0.2, 0.25) is 0 Å².